The number of aliphatic hydroxyl groups is 1. The summed E-state index contributed by atoms with van der Waals surface area (Å²) in [6.45, 7) is 16.6. The average molecular weight is 1120 g/mol. The molecule has 0 bridgehead atoms. The SMILES string of the molecule is CC[C@H](C)[C@H](NC(=O)[C@H](C)NC(=O)CNC(=O)[C@H](CC(C)C)NC(=O)[C@H](CCCN=C(N)N)NC(=O)[C@H](Cc1ccc(O)cc1)NC(=O)[C@H](CC(C)C)NC(=O)[C@H](CC(C)C)NC(=O)[C@@H]1CCCN1C(=O)[C@@H](N)[C@@H](C)O)C(=O)O. The van der Waals surface area contributed by atoms with Gasteiger partial charge in [0.15, 0.2) is 5.96 Å². The lowest BCUT2D eigenvalue weighted by Gasteiger charge is -2.30. The number of aliphatic hydroxyl groups excluding tert-OH is 1. The van der Waals surface area contributed by atoms with Crippen LogP contribution in [0.25, 0.3) is 0 Å². The topological polar surface area (TPSA) is 421 Å². The Labute approximate surface area is 463 Å². The molecule has 0 spiro atoms. The van der Waals surface area contributed by atoms with Gasteiger partial charge in [0.1, 0.15) is 60.1 Å². The number of carboxylic acids is 1. The summed E-state index contributed by atoms with van der Waals surface area (Å²) in [7, 11) is 0. The number of nitrogens with one attached hydrogen (secondary N) is 8. The molecule has 0 unspecified atom stereocenters. The van der Waals surface area contributed by atoms with Crippen LogP contribution in [0.2, 0.25) is 0 Å². The smallest absolute Gasteiger partial charge is 0.326 e. The number of hydrogen-bond donors (Lipinski definition) is 14. The van der Waals surface area contributed by atoms with Crippen LogP contribution < -0.4 is 59.7 Å². The van der Waals surface area contributed by atoms with Gasteiger partial charge in [-0.25, -0.2) is 4.79 Å². The van der Waals surface area contributed by atoms with Gasteiger partial charge in [0.25, 0.3) is 0 Å². The van der Waals surface area contributed by atoms with Crippen LogP contribution in [0.3, 0.4) is 0 Å². The molecule has 0 saturated carbocycles. The summed E-state index contributed by atoms with van der Waals surface area (Å²) >= 11 is 0. The number of aliphatic imine (C=N–C) groups is 1. The maximum Gasteiger partial charge on any atom is 0.326 e. The Hall–Kier alpha value is -7.09. The first kappa shape index (κ1) is 68.0. The highest BCUT2D eigenvalue weighted by Crippen LogP contribution is 2.21. The zero-order valence-corrected chi connectivity index (χ0v) is 47.4. The summed E-state index contributed by atoms with van der Waals surface area (Å²) in [4.78, 5) is 141. The first-order chi connectivity index (χ1) is 36.9. The zero-order chi connectivity index (χ0) is 59.8. The van der Waals surface area contributed by atoms with Gasteiger partial charge in [0.05, 0.1) is 12.6 Å². The summed E-state index contributed by atoms with van der Waals surface area (Å²) in [5.74, 6) is -9.15. The van der Waals surface area contributed by atoms with Crippen LogP contribution in [0.15, 0.2) is 29.3 Å². The van der Waals surface area contributed by atoms with Crippen LogP contribution in [-0.2, 0) is 54.4 Å². The van der Waals surface area contributed by atoms with E-state index >= 15 is 0 Å². The van der Waals surface area contributed by atoms with Crippen molar-refractivity contribution in [1.82, 2.24) is 47.4 Å². The van der Waals surface area contributed by atoms with Crippen molar-refractivity contribution >= 4 is 65.1 Å². The summed E-state index contributed by atoms with van der Waals surface area (Å²) in [5.41, 5.74) is 17.5. The van der Waals surface area contributed by atoms with Gasteiger partial charge in [-0.3, -0.25) is 48.1 Å². The molecular weight excluding hydrogens is 1030 g/mol. The highest BCUT2D eigenvalue weighted by atomic mass is 16.4. The van der Waals surface area contributed by atoms with Crippen molar-refractivity contribution in [1.29, 1.82) is 0 Å². The fourth-order valence-electron chi connectivity index (χ4n) is 8.63. The number of amides is 9. The van der Waals surface area contributed by atoms with Crippen LogP contribution in [0, 0.1) is 23.7 Å². The number of nitrogens with zero attached hydrogens (tertiary/aromatic N) is 2. The largest absolute Gasteiger partial charge is 0.508 e. The highest BCUT2D eigenvalue weighted by molar-refractivity contribution is 5.98. The van der Waals surface area contributed by atoms with E-state index in [0.717, 1.165) is 0 Å². The van der Waals surface area contributed by atoms with E-state index < -0.39 is 132 Å². The number of phenols is 1. The Balaban J connectivity index is 2.43. The zero-order valence-electron chi connectivity index (χ0n) is 47.4. The lowest BCUT2D eigenvalue weighted by Crippen LogP contribution is -2.60. The number of benzene rings is 1. The molecule has 0 aliphatic carbocycles. The van der Waals surface area contributed by atoms with E-state index in [1.54, 1.807) is 27.7 Å². The molecule has 1 aliphatic rings. The van der Waals surface area contributed by atoms with Crippen molar-refractivity contribution in [3.8, 4) is 5.75 Å². The summed E-state index contributed by atoms with van der Waals surface area (Å²) in [6, 6.07) is -5.27. The third-order valence-corrected chi connectivity index (χ3v) is 13.2. The van der Waals surface area contributed by atoms with Crippen LogP contribution >= 0.6 is 0 Å². The molecule has 9 amide bonds. The fraction of sp³-hybridized carbons (Fsp3) is 0.679. The summed E-state index contributed by atoms with van der Waals surface area (Å²) in [6.07, 6.45) is 0.243. The number of nitrogens with two attached hydrogens (primary N) is 3. The fourth-order valence-corrected chi connectivity index (χ4v) is 8.63. The Morgan fingerprint density at radius 2 is 1.16 bits per heavy atom. The molecule has 1 fully saturated rings. The number of carbonyl (C=O) groups is 10. The first-order valence-corrected chi connectivity index (χ1v) is 27.1. The maximum absolute atomic E-state index is 14.6. The average Bonchev–Trinajstić information content (AvgIpc) is 3.87. The molecule has 26 nitrogen and oxygen atoms in total. The van der Waals surface area contributed by atoms with E-state index in [4.69, 9.17) is 17.2 Å². The number of aromatic hydroxyl groups is 1. The molecule has 1 aromatic rings. The maximum atomic E-state index is 14.6. The summed E-state index contributed by atoms with van der Waals surface area (Å²) in [5, 5.41) is 50.6. The highest BCUT2D eigenvalue weighted by Gasteiger charge is 2.40. The van der Waals surface area contributed by atoms with E-state index in [2.05, 4.69) is 47.5 Å². The van der Waals surface area contributed by atoms with Gasteiger partial charge in [-0.15, -0.1) is 0 Å². The molecular formula is C53H89N13O13. The molecule has 1 saturated heterocycles. The van der Waals surface area contributed by atoms with Gasteiger partial charge in [0.2, 0.25) is 53.2 Å². The molecule has 26 heteroatoms. The molecule has 11 atom stereocenters. The second-order valence-electron chi connectivity index (χ2n) is 21.7. The van der Waals surface area contributed by atoms with Gasteiger partial charge >= 0.3 is 5.97 Å². The molecule has 79 heavy (non-hydrogen) atoms. The Morgan fingerprint density at radius 1 is 0.671 bits per heavy atom. The molecule has 2 rings (SSSR count). The molecule has 0 radical (unpaired) electrons. The molecule has 0 aromatic heterocycles. The third-order valence-electron chi connectivity index (χ3n) is 13.2. The quantitative estimate of drug-likeness (QED) is 0.0216. The number of carbonyl (C=O) groups excluding carboxylic acids is 9. The van der Waals surface area contributed by atoms with Gasteiger partial charge in [-0.2, -0.15) is 0 Å². The normalized spacial score (nSPS) is 17.1. The molecule has 1 aliphatic heterocycles. The molecule has 1 heterocycles. The Bertz CT molecular complexity index is 2260. The second-order valence-corrected chi connectivity index (χ2v) is 21.7. The van der Waals surface area contributed by atoms with Crippen LogP contribution in [0.4, 0.5) is 0 Å². The minimum Gasteiger partial charge on any atom is -0.508 e. The number of guanidine groups is 1. The van der Waals surface area contributed by atoms with Crippen molar-refractivity contribution < 1.29 is 63.3 Å². The van der Waals surface area contributed by atoms with Crippen LogP contribution in [0.5, 0.6) is 5.75 Å². The van der Waals surface area contributed by atoms with E-state index in [-0.39, 0.29) is 81.1 Å². The Morgan fingerprint density at radius 3 is 1.67 bits per heavy atom. The monoisotopic (exact) mass is 1120 g/mol. The van der Waals surface area contributed by atoms with Gasteiger partial charge in [0, 0.05) is 19.5 Å². The molecule has 1 aromatic carbocycles. The first-order valence-electron chi connectivity index (χ1n) is 27.1. The standard InChI is InChI=1S/C53H89N13O13/c1-11-30(8)43(52(78)79)65-44(70)31(9)59-41(69)26-58-45(71)36(22-27(2)3)61-46(72)35(14-12-20-57-53(55)56)60-49(75)39(25-33-16-18-34(68)19-17-33)63-47(73)37(23-28(4)5)62-48(74)38(24-29(6)7)64-50(76)40-15-13-21-66(40)51(77)42(54)32(10)67/h16-19,27-32,35-40,42-43,67-68H,11-15,20-26,54H2,1-10H3,(H,58,71)(H,59,69)(H,60,75)(H,61,72)(H,62,74)(H,63,73)(H,64,76)(H,65,70)(H,78,79)(H4,55,56,57)/t30-,31-,32+,35-,36-,37-,38-,39-,40-,42-,43-/m0/s1. The predicted molar refractivity (Wildman–Crippen MR) is 294 cm³/mol. The van der Waals surface area contributed by atoms with Gasteiger partial charge in [-0.05, 0) is 100 Å². The van der Waals surface area contributed by atoms with Crippen molar-refractivity contribution in [2.75, 3.05) is 19.6 Å². The lowest BCUT2D eigenvalue weighted by molar-refractivity contribution is -0.143. The molecule has 17 N–H and O–H groups in total. The van der Waals surface area contributed by atoms with Crippen LogP contribution in [-0.4, -0.2) is 165 Å². The van der Waals surface area contributed by atoms with Crippen LogP contribution in [0.1, 0.15) is 126 Å². The van der Waals surface area contributed by atoms with Crippen molar-refractivity contribution in [3.63, 3.8) is 0 Å². The predicted octanol–water partition coefficient (Wildman–Crippen LogP) is -1.51. The van der Waals surface area contributed by atoms with E-state index in [1.807, 2.05) is 27.7 Å². The molecule has 444 valence electrons. The second kappa shape index (κ2) is 33.4. The summed E-state index contributed by atoms with van der Waals surface area (Å²) < 4.78 is 0. The number of rotatable bonds is 33. The number of aliphatic carboxylic acids is 1. The lowest BCUT2D eigenvalue weighted by atomic mass is 9.98. The van der Waals surface area contributed by atoms with E-state index in [9.17, 15) is 63.3 Å². The van der Waals surface area contributed by atoms with Crippen molar-refractivity contribution in [2.24, 2.45) is 45.9 Å². The number of phenolic OH excluding ortho intramolecular Hbond substituents is 1. The minimum absolute atomic E-state index is 0.0365. The number of likely N-dealkylation sites (tertiary alicyclic amines) is 1. The van der Waals surface area contributed by atoms with E-state index in [1.165, 1.54) is 43.0 Å². The minimum atomic E-state index is -1.43. The van der Waals surface area contributed by atoms with Crippen molar-refractivity contribution in [3.05, 3.63) is 29.8 Å². The number of carboxylic acid groups (broad SMARTS) is 1. The van der Waals surface area contributed by atoms with Gasteiger partial charge < -0.3 is 80.0 Å². The Kier molecular flexibility index (Phi) is 28.7. The number of hydrogen-bond acceptors (Lipinski definition) is 14. The third kappa shape index (κ3) is 23.8. The van der Waals surface area contributed by atoms with E-state index in [0.29, 0.717) is 24.8 Å². The van der Waals surface area contributed by atoms with Gasteiger partial charge in [-0.1, -0.05) is 73.9 Å². The van der Waals surface area contributed by atoms with Crippen molar-refractivity contribution in [2.45, 2.75) is 188 Å².